The number of hydrogen-bond acceptors (Lipinski definition) is 9. The van der Waals surface area contributed by atoms with Gasteiger partial charge in [0.05, 0.1) is 28.1 Å². The lowest BCUT2D eigenvalue weighted by molar-refractivity contribution is 0.565. The number of aromatic amines is 1. The number of nitrogens with one attached hydrogen (secondary N) is 2. The van der Waals surface area contributed by atoms with Crippen molar-refractivity contribution in [2.75, 3.05) is 18.8 Å². The molecule has 0 bridgehead atoms. The van der Waals surface area contributed by atoms with Crippen molar-refractivity contribution in [1.82, 2.24) is 35.3 Å². The average Bonchev–Trinajstić information content (AvgIpc) is 3.53. The van der Waals surface area contributed by atoms with E-state index < -0.39 is 24.8 Å². The highest BCUT2D eigenvalue weighted by atomic mass is 32.2. The van der Waals surface area contributed by atoms with Crippen LogP contribution in [0.2, 0.25) is 0 Å². The largest absolute Gasteiger partial charge is 0.316 e. The van der Waals surface area contributed by atoms with Crippen LogP contribution in [-0.4, -0.2) is 65.7 Å². The number of sulfonamides is 1. The minimum Gasteiger partial charge on any atom is -0.316 e. The molecule has 33 heavy (non-hydrogen) atoms. The Morgan fingerprint density at radius 2 is 2.00 bits per heavy atom. The zero-order valence-electron chi connectivity index (χ0n) is 17.2. The van der Waals surface area contributed by atoms with Gasteiger partial charge in [-0.2, -0.15) is 5.21 Å². The van der Waals surface area contributed by atoms with E-state index in [9.17, 15) is 16.8 Å². The van der Waals surface area contributed by atoms with E-state index in [2.05, 4.69) is 30.9 Å². The first kappa shape index (κ1) is 21.6. The van der Waals surface area contributed by atoms with E-state index in [0.717, 1.165) is 0 Å². The summed E-state index contributed by atoms with van der Waals surface area (Å²) in [6.45, 7) is 1.26. The van der Waals surface area contributed by atoms with Crippen LogP contribution >= 0.6 is 0 Å². The van der Waals surface area contributed by atoms with Crippen molar-refractivity contribution in [1.29, 1.82) is 0 Å². The molecule has 0 radical (unpaired) electrons. The molecule has 4 heterocycles. The third-order valence-electron chi connectivity index (χ3n) is 5.62. The highest BCUT2D eigenvalue weighted by molar-refractivity contribution is 7.93. The van der Waals surface area contributed by atoms with Crippen molar-refractivity contribution >= 4 is 25.5 Å². The van der Waals surface area contributed by atoms with Gasteiger partial charge in [0.15, 0.2) is 9.84 Å². The Hall–Kier alpha value is -3.20. The molecule has 1 saturated heterocycles. The molecule has 1 fully saturated rings. The van der Waals surface area contributed by atoms with E-state index >= 15 is 0 Å². The lowest BCUT2D eigenvalue weighted by atomic mass is 10.0. The lowest BCUT2D eigenvalue weighted by Gasteiger charge is -2.17. The van der Waals surface area contributed by atoms with Gasteiger partial charge < -0.3 is 5.32 Å². The monoisotopic (exact) mass is 488 g/mol. The molecule has 0 aliphatic carbocycles. The number of rotatable bonds is 6. The maximum absolute atomic E-state index is 13.4. The summed E-state index contributed by atoms with van der Waals surface area (Å²) < 4.78 is 54.1. The van der Waals surface area contributed by atoms with Crippen LogP contribution in [0.5, 0.6) is 0 Å². The number of pyridine rings is 1. The number of sulfone groups is 1. The molecule has 0 amide bonds. The number of aromatic nitrogens is 6. The first-order valence-corrected chi connectivity index (χ1v) is 13.2. The van der Waals surface area contributed by atoms with E-state index in [1.807, 2.05) is 6.07 Å². The number of imidazole rings is 1. The molecule has 1 aliphatic rings. The van der Waals surface area contributed by atoms with Gasteiger partial charge in [-0.05, 0) is 48.8 Å². The first-order chi connectivity index (χ1) is 15.8. The number of tetrazole rings is 1. The van der Waals surface area contributed by atoms with Gasteiger partial charge in [0, 0.05) is 11.8 Å². The Bertz CT molecular complexity index is 1540. The Balaban J connectivity index is 1.81. The predicted octanol–water partition coefficient (Wildman–Crippen LogP) is 0.212. The molecule has 172 valence electrons. The van der Waals surface area contributed by atoms with Gasteiger partial charge in [0.1, 0.15) is 10.5 Å². The molecule has 4 aromatic rings. The molecule has 5 rings (SSSR count). The van der Waals surface area contributed by atoms with E-state index in [1.54, 1.807) is 28.9 Å². The lowest BCUT2D eigenvalue weighted by Crippen LogP contribution is -2.23. The smallest absolute Gasteiger partial charge is 0.240 e. The van der Waals surface area contributed by atoms with Crippen molar-refractivity contribution in [2.24, 2.45) is 11.1 Å². The van der Waals surface area contributed by atoms with Crippen LogP contribution in [0.1, 0.15) is 6.42 Å². The molecule has 3 aromatic heterocycles. The number of nitrogens with two attached hydrogens (primary N) is 1. The second-order valence-electron chi connectivity index (χ2n) is 7.81. The summed E-state index contributed by atoms with van der Waals surface area (Å²) in [5, 5.41) is 22.4. The minimum absolute atomic E-state index is 0.0532. The Morgan fingerprint density at radius 1 is 1.15 bits per heavy atom. The molecule has 0 unspecified atom stereocenters. The van der Waals surface area contributed by atoms with Gasteiger partial charge >= 0.3 is 0 Å². The fourth-order valence-corrected chi connectivity index (χ4v) is 7.49. The Labute approximate surface area is 189 Å². The van der Waals surface area contributed by atoms with Crippen LogP contribution in [0.4, 0.5) is 0 Å². The Morgan fingerprint density at radius 3 is 2.70 bits per heavy atom. The van der Waals surface area contributed by atoms with Crippen LogP contribution in [-0.2, 0) is 19.9 Å². The molecule has 1 aliphatic heterocycles. The van der Waals surface area contributed by atoms with Gasteiger partial charge in [-0.3, -0.25) is 4.40 Å². The van der Waals surface area contributed by atoms with Crippen LogP contribution in [0.25, 0.3) is 28.3 Å². The molecule has 14 heteroatoms. The van der Waals surface area contributed by atoms with Crippen molar-refractivity contribution in [2.45, 2.75) is 16.2 Å². The summed E-state index contributed by atoms with van der Waals surface area (Å²) in [5.41, 5.74) is 1.43. The van der Waals surface area contributed by atoms with Crippen LogP contribution in [0.3, 0.4) is 0 Å². The van der Waals surface area contributed by atoms with Gasteiger partial charge in [-0.25, -0.2) is 27.0 Å². The number of H-pyrrole nitrogens is 1. The summed E-state index contributed by atoms with van der Waals surface area (Å²) in [6.07, 6.45) is 3.99. The quantitative estimate of drug-likeness (QED) is 0.342. The second-order valence-corrected chi connectivity index (χ2v) is 11.3. The standard InChI is InChI=1S/C19H20N8O4S2/c20-33(30,31)18-15(32(28,29)11-12-6-7-21-9-12)5-4-13(17(18)19-23-25-26-24-19)14-10-22-16-3-1-2-8-27(14)16/h1-5,8,10,12,21H,6-7,9,11H2,(H2,20,30,31)(H,23,24,25,26)/t12-/m1/s1. The second kappa shape index (κ2) is 7.98. The molecule has 1 atom stereocenters. The normalized spacial score (nSPS) is 17.1. The summed E-state index contributed by atoms with van der Waals surface area (Å²) >= 11 is 0. The number of fused-ring (bicyclic) bond motifs is 1. The minimum atomic E-state index is -4.52. The third kappa shape index (κ3) is 3.90. The van der Waals surface area contributed by atoms with Gasteiger partial charge in [-0.1, -0.05) is 12.1 Å². The zero-order chi connectivity index (χ0) is 23.2. The van der Waals surface area contributed by atoms with E-state index in [0.29, 0.717) is 36.4 Å². The average molecular weight is 489 g/mol. The summed E-state index contributed by atoms with van der Waals surface area (Å²) in [5.74, 6) is -0.432. The highest BCUT2D eigenvalue weighted by Crippen LogP contribution is 2.39. The number of hydrogen-bond donors (Lipinski definition) is 3. The predicted molar refractivity (Wildman–Crippen MR) is 118 cm³/mol. The molecule has 1 aromatic carbocycles. The van der Waals surface area contributed by atoms with Crippen molar-refractivity contribution in [3.8, 4) is 22.6 Å². The van der Waals surface area contributed by atoms with Crippen molar-refractivity contribution in [3.63, 3.8) is 0 Å². The Kier molecular flexibility index (Phi) is 5.23. The van der Waals surface area contributed by atoms with Gasteiger partial charge in [0.2, 0.25) is 15.8 Å². The summed E-state index contributed by atoms with van der Waals surface area (Å²) in [4.78, 5) is 3.40. The topological polar surface area (TPSA) is 178 Å². The van der Waals surface area contributed by atoms with Crippen LogP contribution < -0.4 is 10.5 Å². The molecular formula is C19H20N8O4S2. The van der Waals surface area contributed by atoms with Crippen molar-refractivity contribution in [3.05, 3.63) is 42.7 Å². The number of primary sulfonamides is 1. The molecule has 0 saturated carbocycles. The molecule has 12 nitrogen and oxygen atoms in total. The summed E-state index contributed by atoms with van der Waals surface area (Å²) in [6, 6.07) is 8.19. The highest BCUT2D eigenvalue weighted by Gasteiger charge is 2.34. The van der Waals surface area contributed by atoms with Crippen molar-refractivity contribution < 1.29 is 16.8 Å². The SMILES string of the molecule is NS(=O)(=O)c1c(S(=O)(=O)C[C@@H]2CCNC2)ccc(-c2cnc3ccccn23)c1-c1nn[nH]n1. The van der Waals surface area contributed by atoms with Crippen LogP contribution in [0.15, 0.2) is 52.5 Å². The number of nitrogens with zero attached hydrogens (tertiary/aromatic N) is 5. The third-order valence-corrected chi connectivity index (χ3v) is 8.66. The fourth-order valence-electron chi connectivity index (χ4n) is 4.18. The maximum atomic E-state index is 13.4. The van der Waals surface area contributed by atoms with Gasteiger partial charge in [-0.15, -0.1) is 10.2 Å². The molecular weight excluding hydrogens is 468 g/mol. The van der Waals surface area contributed by atoms with Crippen LogP contribution in [0, 0.1) is 5.92 Å². The molecule has 4 N–H and O–H groups in total. The maximum Gasteiger partial charge on any atom is 0.240 e. The van der Waals surface area contributed by atoms with E-state index in [4.69, 9.17) is 5.14 Å². The van der Waals surface area contributed by atoms with Gasteiger partial charge in [0.25, 0.3) is 0 Å². The fraction of sp³-hybridized carbons (Fsp3) is 0.263. The number of benzene rings is 1. The zero-order valence-corrected chi connectivity index (χ0v) is 18.8. The van der Waals surface area contributed by atoms with E-state index in [1.165, 1.54) is 12.1 Å². The molecule has 0 spiro atoms. The van der Waals surface area contributed by atoms with E-state index in [-0.39, 0.29) is 28.0 Å². The summed E-state index contributed by atoms with van der Waals surface area (Å²) in [7, 11) is -8.53. The first-order valence-electron chi connectivity index (χ1n) is 10.1.